The van der Waals surface area contributed by atoms with Crippen molar-refractivity contribution in [2.75, 3.05) is 13.2 Å². The lowest BCUT2D eigenvalue weighted by molar-refractivity contribution is -0.120. The Hall–Kier alpha value is -1.77. The van der Waals surface area contributed by atoms with Gasteiger partial charge >= 0.3 is 0 Å². The van der Waals surface area contributed by atoms with E-state index in [0.717, 1.165) is 18.6 Å². The molecule has 0 aliphatic heterocycles. The highest BCUT2D eigenvalue weighted by Gasteiger charge is 2.16. The average Bonchev–Trinajstić information content (AvgIpc) is 2.82. The zero-order chi connectivity index (χ0) is 13.7. The minimum absolute atomic E-state index is 0.0955. The molecule has 0 unspecified atom stereocenters. The summed E-state index contributed by atoms with van der Waals surface area (Å²) in [5, 5.41) is 2.88. The van der Waals surface area contributed by atoms with Crippen LogP contribution in [-0.2, 0) is 11.2 Å². The van der Waals surface area contributed by atoms with Gasteiger partial charge in [-0.25, -0.2) is 0 Å². The van der Waals surface area contributed by atoms with Crippen molar-refractivity contribution < 1.29 is 9.53 Å². The van der Waals surface area contributed by atoms with Gasteiger partial charge in [0, 0.05) is 13.0 Å². The SMILES string of the molecule is CCOc1ccc2c(c1)/C(=C\CNC(=O)CC)CC2. The third kappa shape index (κ3) is 3.37. The van der Waals surface area contributed by atoms with Crippen molar-refractivity contribution in [2.45, 2.75) is 33.1 Å². The molecule has 0 aromatic heterocycles. The summed E-state index contributed by atoms with van der Waals surface area (Å²) >= 11 is 0. The average molecular weight is 259 g/mol. The molecule has 19 heavy (non-hydrogen) atoms. The number of nitrogens with one attached hydrogen (secondary N) is 1. The zero-order valence-corrected chi connectivity index (χ0v) is 11.7. The molecule has 0 bridgehead atoms. The molecule has 3 heteroatoms. The quantitative estimate of drug-likeness (QED) is 0.883. The zero-order valence-electron chi connectivity index (χ0n) is 11.7. The van der Waals surface area contributed by atoms with Crippen LogP contribution in [0.25, 0.3) is 5.57 Å². The number of benzene rings is 1. The van der Waals surface area contributed by atoms with E-state index in [-0.39, 0.29) is 5.91 Å². The molecule has 2 rings (SSSR count). The third-order valence-corrected chi connectivity index (χ3v) is 3.37. The molecule has 1 aliphatic carbocycles. The molecule has 1 aliphatic rings. The van der Waals surface area contributed by atoms with Gasteiger partial charge in [-0.1, -0.05) is 19.1 Å². The first-order valence-corrected chi connectivity index (χ1v) is 6.96. The predicted molar refractivity (Wildman–Crippen MR) is 77.2 cm³/mol. The summed E-state index contributed by atoms with van der Waals surface area (Å²) in [4.78, 5) is 11.2. The van der Waals surface area contributed by atoms with Crippen LogP contribution in [0, 0.1) is 0 Å². The molecule has 1 aromatic rings. The fourth-order valence-corrected chi connectivity index (χ4v) is 2.36. The van der Waals surface area contributed by atoms with E-state index < -0.39 is 0 Å². The maximum Gasteiger partial charge on any atom is 0.219 e. The van der Waals surface area contributed by atoms with Crippen LogP contribution >= 0.6 is 0 Å². The highest BCUT2D eigenvalue weighted by Crippen LogP contribution is 2.34. The Labute approximate surface area is 114 Å². The Bertz CT molecular complexity index is 492. The highest BCUT2D eigenvalue weighted by molar-refractivity contribution is 5.77. The van der Waals surface area contributed by atoms with E-state index in [0.29, 0.717) is 19.6 Å². The van der Waals surface area contributed by atoms with Gasteiger partial charge < -0.3 is 10.1 Å². The lowest BCUT2D eigenvalue weighted by Crippen LogP contribution is -2.22. The minimum Gasteiger partial charge on any atom is -0.494 e. The largest absolute Gasteiger partial charge is 0.494 e. The van der Waals surface area contributed by atoms with Crippen LogP contribution in [0.3, 0.4) is 0 Å². The minimum atomic E-state index is 0.0955. The number of carbonyl (C=O) groups is 1. The summed E-state index contributed by atoms with van der Waals surface area (Å²) in [6.45, 7) is 5.15. The lowest BCUT2D eigenvalue weighted by atomic mass is 10.1. The van der Waals surface area contributed by atoms with E-state index in [1.165, 1.54) is 16.7 Å². The molecule has 0 fully saturated rings. The van der Waals surface area contributed by atoms with E-state index in [2.05, 4.69) is 23.5 Å². The Morgan fingerprint density at radius 1 is 1.37 bits per heavy atom. The van der Waals surface area contributed by atoms with Crippen molar-refractivity contribution in [1.29, 1.82) is 0 Å². The molecule has 0 radical (unpaired) electrons. The van der Waals surface area contributed by atoms with Gasteiger partial charge in [0.25, 0.3) is 0 Å². The Balaban J connectivity index is 2.09. The maximum atomic E-state index is 11.2. The van der Waals surface area contributed by atoms with Crippen molar-refractivity contribution in [2.24, 2.45) is 0 Å². The van der Waals surface area contributed by atoms with Gasteiger partial charge in [0.1, 0.15) is 5.75 Å². The number of aryl methyl sites for hydroxylation is 1. The number of rotatable bonds is 5. The lowest BCUT2D eigenvalue weighted by Gasteiger charge is -2.07. The first-order chi connectivity index (χ1) is 9.24. The fraction of sp³-hybridized carbons (Fsp3) is 0.438. The Morgan fingerprint density at radius 3 is 2.95 bits per heavy atom. The van der Waals surface area contributed by atoms with Gasteiger partial charge in [-0.15, -0.1) is 0 Å². The van der Waals surface area contributed by atoms with Crippen LogP contribution < -0.4 is 10.1 Å². The molecule has 0 saturated carbocycles. The molecule has 0 heterocycles. The summed E-state index contributed by atoms with van der Waals surface area (Å²) in [5.41, 5.74) is 3.96. The molecule has 0 atom stereocenters. The summed E-state index contributed by atoms with van der Waals surface area (Å²) in [5.74, 6) is 1.02. The molecular weight excluding hydrogens is 238 g/mol. The van der Waals surface area contributed by atoms with Crippen LogP contribution in [0.15, 0.2) is 24.3 Å². The van der Waals surface area contributed by atoms with Gasteiger partial charge in [0.05, 0.1) is 6.61 Å². The molecular formula is C16H21NO2. The summed E-state index contributed by atoms with van der Waals surface area (Å²) in [7, 11) is 0. The van der Waals surface area contributed by atoms with Gasteiger partial charge in [-0.05, 0) is 48.6 Å². The normalized spacial score (nSPS) is 15.4. The Morgan fingerprint density at radius 2 is 2.21 bits per heavy atom. The summed E-state index contributed by atoms with van der Waals surface area (Å²) in [6.07, 6.45) is 4.78. The van der Waals surface area contributed by atoms with Crippen molar-refractivity contribution in [3.63, 3.8) is 0 Å². The number of fused-ring (bicyclic) bond motifs is 1. The number of amides is 1. The first kappa shape index (κ1) is 13.7. The Kier molecular flexibility index (Phi) is 4.61. The predicted octanol–water partition coefficient (Wildman–Crippen LogP) is 2.94. The second-order valence-corrected chi connectivity index (χ2v) is 4.64. The van der Waals surface area contributed by atoms with Gasteiger partial charge in [-0.3, -0.25) is 4.79 Å². The number of carbonyl (C=O) groups excluding carboxylic acids is 1. The fourth-order valence-electron chi connectivity index (χ4n) is 2.36. The summed E-state index contributed by atoms with van der Waals surface area (Å²) in [6, 6.07) is 6.29. The van der Waals surface area contributed by atoms with Crippen molar-refractivity contribution in [3.8, 4) is 5.75 Å². The summed E-state index contributed by atoms with van der Waals surface area (Å²) < 4.78 is 5.54. The van der Waals surface area contributed by atoms with Crippen LogP contribution in [0.5, 0.6) is 5.75 Å². The number of allylic oxidation sites excluding steroid dienone is 1. The first-order valence-electron chi connectivity index (χ1n) is 6.96. The van der Waals surface area contributed by atoms with E-state index >= 15 is 0 Å². The molecule has 3 nitrogen and oxygen atoms in total. The van der Waals surface area contributed by atoms with E-state index in [1.54, 1.807) is 0 Å². The standard InChI is InChI=1S/C16H21NO2/c1-3-16(18)17-10-9-13-6-5-12-7-8-14(19-4-2)11-15(12)13/h7-9,11H,3-6,10H2,1-2H3,(H,17,18)/b13-9-. The highest BCUT2D eigenvalue weighted by atomic mass is 16.5. The molecule has 1 aromatic carbocycles. The molecule has 1 amide bonds. The van der Waals surface area contributed by atoms with E-state index in [4.69, 9.17) is 4.74 Å². The molecule has 0 spiro atoms. The number of ether oxygens (including phenoxy) is 1. The van der Waals surface area contributed by atoms with Crippen LogP contribution in [-0.4, -0.2) is 19.1 Å². The van der Waals surface area contributed by atoms with Crippen molar-refractivity contribution in [3.05, 3.63) is 35.4 Å². The maximum absolute atomic E-state index is 11.2. The van der Waals surface area contributed by atoms with Gasteiger partial charge in [0.2, 0.25) is 5.91 Å². The van der Waals surface area contributed by atoms with Crippen LogP contribution in [0.4, 0.5) is 0 Å². The number of hydrogen-bond acceptors (Lipinski definition) is 2. The second-order valence-electron chi connectivity index (χ2n) is 4.64. The van der Waals surface area contributed by atoms with E-state index in [1.807, 2.05) is 19.9 Å². The van der Waals surface area contributed by atoms with Crippen LogP contribution in [0.2, 0.25) is 0 Å². The van der Waals surface area contributed by atoms with Crippen molar-refractivity contribution in [1.82, 2.24) is 5.32 Å². The molecule has 102 valence electrons. The topological polar surface area (TPSA) is 38.3 Å². The van der Waals surface area contributed by atoms with E-state index in [9.17, 15) is 4.79 Å². The van der Waals surface area contributed by atoms with Gasteiger partial charge in [-0.2, -0.15) is 0 Å². The third-order valence-electron chi connectivity index (χ3n) is 3.37. The monoisotopic (exact) mass is 259 g/mol. The second kappa shape index (κ2) is 6.41. The molecule has 0 saturated heterocycles. The molecule has 1 N–H and O–H groups in total. The smallest absolute Gasteiger partial charge is 0.219 e. The van der Waals surface area contributed by atoms with Gasteiger partial charge in [0.15, 0.2) is 0 Å². The van der Waals surface area contributed by atoms with Crippen LogP contribution in [0.1, 0.15) is 37.8 Å². The number of hydrogen-bond donors (Lipinski definition) is 1. The van der Waals surface area contributed by atoms with Crippen molar-refractivity contribution >= 4 is 11.5 Å².